The Morgan fingerprint density at radius 3 is 2.60 bits per heavy atom. The molecule has 10 heavy (non-hydrogen) atoms. The Hall–Kier alpha value is -1.10. The average molecular weight is 143 g/mol. The van der Waals surface area contributed by atoms with Crippen molar-refractivity contribution in [3.8, 4) is 0 Å². The van der Waals surface area contributed by atoms with Crippen LogP contribution in [0.2, 0.25) is 0 Å². The van der Waals surface area contributed by atoms with Crippen molar-refractivity contribution in [2.45, 2.75) is 19.1 Å². The standard InChI is InChI=1S/C5H9N3O2/c1-2-5(10)3(9)7-4(6)8-5/h10H,2H2,1H3,(H3,6,7,8,9). The smallest absolute Gasteiger partial charge is 0.279 e. The number of aliphatic hydroxyl groups is 1. The number of hydrogen-bond acceptors (Lipinski definition) is 3. The summed E-state index contributed by atoms with van der Waals surface area (Å²) < 4.78 is 0. The Morgan fingerprint density at radius 2 is 2.40 bits per heavy atom. The van der Waals surface area contributed by atoms with E-state index in [0.29, 0.717) is 0 Å². The van der Waals surface area contributed by atoms with Crippen LogP contribution in [-0.4, -0.2) is 22.7 Å². The maximum Gasteiger partial charge on any atom is 0.279 e. The van der Waals surface area contributed by atoms with Gasteiger partial charge in [-0.1, -0.05) is 6.92 Å². The number of rotatable bonds is 1. The summed E-state index contributed by atoms with van der Waals surface area (Å²) in [7, 11) is 0. The van der Waals surface area contributed by atoms with Gasteiger partial charge in [-0.05, 0) is 0 Å². The summed E-state index contributed by atoms with van der Waals surface area (Å²) in [5.41, 5.74) is -1.56. The second-order valence-corrected chi connectivity index (χ2v) is 2.17. The number of amides is 1. The van der Waals surface area contributed by atoms with Crippen LogP contribution in [0.15, 0.2) is 0 Å². The fourth-order valence-corrected chi connectivity index (χ4v) is 0.761. The SMILES string of the molecule is CCC1(O)NC(=N)NC1=O. The lowest BCUT2D eigenvalue weighted by Crippen LogP contribution is -2.45. The molecule has 0 aliphatic carbocycles. The van der Waals surface area contributed by atoms with E-state index < -0.39 is 11.6 Å². The molecule has 5 heteroatoms. The van der Waals surface area contributed by atoms with E-state index in [9.17, 15) is 9.90 Å². The largest absolute Gasteiger partial charge is 0.363 e. The summed E-state index contributed by atoms with van der Waals surface area (Å²) in [4.78, 5) is 10.8. The topological polar surface area (TPSA) is 85.2 Å². The summed E-state index contributed by atoms with van der Waals surface area (Å²) in [6.45, 7) is 1.66. The Kier molecular flexibility index (Phi) is 1.37. The van der Waals surface area contributed by atoms with Crippen LogP contribution in [0.4, 0.5) is 0 Å². The number of nitrogens with one attached hydrogen (secondary N) is 3. The van der Waals surface area contributed by atoms with Gasteiger partial charge in [0.25, 0.3) is 5.91 Å². The zero-order valence-corrected chi connectivity index (χ0v) is 5.56. The summed E-state index contributed by atoms with van der Waals surface area (Å²) in [5, 5.41) is 20.7. The zero-order chi connectivity index (χ0) is 7.78. The highest BCUT2D eigenvalue weighted by atomic mass is 16.3. The summed E-state index contributed by atoms with van der Waals surface area (Å²) in [6.07, 6.45) is 0.251. The Morgan fingerprint density at radius 1 is 1.80 bits per heavy atom. The van der Waals surface area contributed by atoms with E-state index in [1.807, 2.05) is 0 Å². The fraction of sp³-hybridized carbons (Fsp3) is 0.600. The highest BCUT2D eigenvalue weighted by Gasteiger charge is 2.40. The van der Waals surface area contributed by atoms with Crippen LogP contribution in [0.25, 0.3) is 0 Å². The quantitative estimate of drug-likeness (QED) is 0.369. The van der Waals surface area contributed by atoms with Crippen molar-refractivity contribution in [1.29, 1.82) is 5.41 Å². The van der Waals surface area contributed by atoms with Crippen molar-refractivity contribution in [3.63, 3.8) is 0 Å². The molecule has 0 radical (unpaired) electrons. The Balaban J connectivity index is 2.80. The van der Waals surface area contributed by atoms with Crippen molar-refractivity contribution >= 4 is 11.9 Å². The molecule has 1 saturated heterocycles. The number of guanidine groups is 1. The van der Waals surface area contributed by atoms with E-state index in [2.05, 4.69) is 10.6 Å². The van der Waals surface area contributed by atoms with Crippen LogP contribution in [0, 0.1) is 5.41 Å². The minimum absolute atomic E-state index is 0.144. The molecular formula is C5H9N3O2. The first-order chi connectivity index (χ1) is 4.58. The average Bonchev–Trinajstić information content (AvgIpc) is 2.09. The van der Waals surface area contributed by atoms with Gasteiger partial charge in [0.1, 0.15) is 0 Å². The van der Waals surface area contributed by atoms with Crippen LogP contribution >= 0.6 is 0 Å². The molecule has 0 aromatic heterocycles. The van der Waals surface area contributed by atoms with E-state index in [4.69, 9.17) is 5.41 Å². The third-order valence-corrected chi connectivity index (χ3v) is 1.46. The molecule has 1 rings (SSSR count). The second-order valence-electron chi connectivity index (χ2n) is 2.17. The van der Waals surface area contributed by atoms with E-state index >= 15 is 0 Å². The predicted molar refractivity (Wildman–Crippen MR) is 34.2 cm³/mol. The van der Waals surface area contributed by atoms with Gasteiger partial charge in [-0.25, -0.2) is 0 Å². The molecule has 1 heterocycles. The van der Waals surface area contributed by atoms with Gasteiger partial charge < -0.3 is 10.4 Å². The van der Waals surface area contributed by atoms with Crippen molar-refractivity contribution in [2.75, 3.05) is 0 Å². The maximum atomic E-state index is 10.8. The Bertz CT molecular complexity index is 191. The number of carbonyl (C=O) groups excluding carboxylic acids is 1. The fourth-order valence-electron chi connectivity index (χ4n) is 0.761. The van der Waals surface area contributed by atoms with Gasteiger partial charge >= 0.3 is 0 Å². The summed E-state index contributed by atoms with van der Waals surface area (Å²) >= 11 is 0. The lowest BCUT2D eigenvalue weighted by Gasteiger charge is -2.15. The highest BCUT2D eigenvalue weighted by molar-refractivity contribution is 6.06. The number of hydrogen-bond donors (Lipinski definition) is 4. The number of carbonyl (C=O) groups is 1. The van der Waals surface area contributed by atoms with Crippen molar-refractivity contribution in [1.82, 2.24) is 10.6 Å². The molecule has 1 atom stereocenters. The van der Waals surface area contributed by atoms with Gasteiger partial charge in [-0.3, -0.25) is 15.5 Å². The third kappa shape index (κ3) is 0.841. The minimum atomic E-state index is -1.56. The van der Waals surface area contributed by atoms with Crippen molar-refractivity contribution < 1.29 is 9.90 Å². The van der Waals surface area contributed by atoms with Gasteiger partial charge in [-0.15, -0.1) is 0 Å². The first-order valence-electron chi connectivity index (χ1n) is 2.99. The molecule has 0 aromatic rings. The van der Waals surface area contributed by atoms with Crippen molar-refractivity contribution in [2.24, 2.45) is 0 Å². The first kappa shape index (κ1) is 7.01. The van der Waals surface area contributed by atoms with Gasteiger partial charge in [0.05, 0.1) is 0 Å². The molecule has 56 valence electrons. The molecule has 1 aliphatic heterocycles. The predicted octanol–water partition coefficient (Wildman–Crippen LogP) is -1.26. The van der Waals surface area contributed by atoms with Crippen LogP contribution in [0.5, 0.6) is 0 Å². The third-order valence-electron chi connectivity index (χ3n) is 1.46. The molecular weight excluding hydrogens is 134 g/mol. The molecule has 0 spiro atoms. The summed E-state index contributed by atoms with van der Waals surface area (Å²) in [5.74, 6) is -0.700. The Labute approximate surface area is 57.9 Å². The van der Waals surface area contributed by atoms with Gasteiger partial charge in [-0.2, -0.15) is 0 Å². The first-order valence-corrected chi connectivity index (χ1v) is 2.99. The van der Waals surface area contributed by atoms with Gasteiger partial charge in [0, 0.05) is 6.42 Å². The second kappa shape index (κ2) is 1.95. The molecule has 1 amide bonds. The van der Waals surface area contributed by atoms with E-state index in [1.165, 1.54) is 0 Å². The molecule has 0 bridgehead atoms. The van der Waals surface area contributed by atoms with Crippen LogP contribution in [0.1, 0.15) is 13.3 Å². The van der Waals surface area contributed by atoms with Crippen LogP contribution in [-0.2, 0) is 4.79 Å². The van der Waals surface area contributed by atoms with Gasteiger partial charge in [0.2, 0.25) is 5.72 Å². The molecule has 0 aromatic carbocycles. The lowest BCUT2D eigenvalue weighted by molar-refractivity contribution is -0.137. The molecule has 1 unspecified atom stereocenters. The van der Waals surface area contributed by atoms with E-state index in [0.717, 1.165) is 0 Å². The zero-order valence-electron chi connectivity index (χ0n) is 5.56. The van der Waals surface area contributed by atoms with Gasteiger partial charge in [0.15, 0.2) is 5.96 Å². The molecule has 4 N–H and O–H groups in total. The van der Waals surface area contributed by atoms with E-state index in [-0.39, 0.29) is 12.4 Å². The molecule has 1 aliphatic rings. The molecule has 5 nitrogen and oxygen atoms in total. The molecule has 1 fully saturated rings. The van der Waals surface area contributed by atoms with Crippen LogP contribution in [0.3, 0.4) is 0 Å². The minimum Gasteiger partial charge on any atom is -0.363 e. The van der Waals surface area contributed by atoms with Crippen molar-refractivity contribution in [3.05, 3.63) is 0 Å². The van der Waals surface area contributed by atoms with Crippen LogP contribution < -0.4 is 10.6 Å². The summed E-state index contributed by atoms with van der Waals surface area (Å²) in [6, 6.07) is 0. The highest BCUT2D eigenvalue weighted by Crippen LogP contribution is 2.09. The normalized spacial score (nSPS) is 31.8. The lowest BCUT2D eigenvalue weighted by atomic mass is 10.2. The monoisotopic (exact) mass is 143 g/mol. The molecule has 0 saturated carbocycles. The van der Waals surface area contributed by atoms with E-state index in [1.54, 1.807) is 6.92 Å². The maximum absolute atomic E-state index is 10.8.